The smallest absolute Gasteiger partial charge is 0.316 e. The fraction of sp³-hybridized carbons (Fsp3) is 0.500. The Morgan fingerprint density at radius 3 is 2.62 bits per heavy atom. The molecule has 0 amide bonds. The maximum absolute atomic E-state index is 6.45. The van der Waals surface area contributed by atoms with Crippen LogP contribution >= 0.6 is 0 Å². The molecule has 2 bridgehead atoms. The predicted molar refractivity (Wildman–Crippen MR) is 117 cm³/mol. The normalized spacial score (nSPS) is 26.8. The molecule has 0 radical (unpaired) electrons. The summed E-state index contributed by atoms with van der Waals surface area (Å²) < 4.78 is 17.0. The molecule has 0 unspecified atom stereocenters. The number of hydrogen-bond donors (Lipinski definition) is 1. The van der Waals surface area contributed by atoms with Crippen LogP contribution in [0.1, 0.15) is 55.8 Å². The van der Waals surface area contributed by atoms with E-state index in [0.717, 1.165) is 74.3 Å². The summed E-state index contributed by atoms with van der Waals surface area (Å²) >= 11 is 0. The van der Waals surface area contributed by atoms with Crippen LogP contribution in [0.2, 0.25) is 0 Å². The third kappa shape index (κ3) is 3.52. The second-order valence-corrected chi connectivity index (χ2v) is 9.41. The number of rotatable bonds is 7. The number of hydrogen-bond acceptors (Lipinski definition) is 8. The lowest BCUT2D eigenvalue weighted by Crippen LogP contribution is -2.52. The first kappa shape index (κ1) is 19.7. The first-order valence-corrected chi connectivity index (χ1v) is 11.4. The highest BCUT2D eigenvalue weighted by Gasteiger charge is 2.50. The second-order valence-electron chi connectivity index (χ2n) is 9.41. The highest BCUT2D eigenvalue weighted by molar-refractivity contribution is 5.61. The van der Waals surface area contributed by atoms with Gasteiger partial charge in [-0.3, -0.25) is 0 Å². The molecule has 166 valence electrons. The molecule has 0 spiro atoms. The van der Waals surface area contributed by atoms with Crippen LogP contribution in [0, 0.1) is 5.41 Å². The van der Waals surface area contributed by atoms with Gasteiger partial charge in [0.25, 0.3) is 5.89 Å². The molecule has 8 nitrogen and oxygen atoms in total. The van der Waals surface area contributed by atoms with Gasteiger partial charge >= 0.3 is 6.01 Å². The molecule has 2 aliphatic heterocycles. The van der Waals surface area contributed by atoms with Gasteiger partial charge in [0.05, 0.1) is 19.3 Å². The molecule has 1 N–H and O–H groups in total. The van der Waals surface area contributed by atoms with Crippen LogP contribution in [-0.2, 0) is 10.3 Å². The lowest BCUT2D eigenvalue weighted by atomic mass is 9.64. The van der Waals surface area contributed by atoms with Gasteiger partial charge in [0.15, 0.2) is 5.82 Å². The Labute approximate surface area is 186 Å². The number of nitrogens with one attached hydrogen (secondary N) is 1. The van der Waals surface area contributed by atoms with Crippen molar-refractivity contribution in [2.45, 2.75) is 50.0 Å². The SMILES string of the molecule is COc1ncc(C23CCC(CNc4cccc(-c5nc(C6CC6)no5)c4)(CC2)CO3)cn1. The predicted octanol–water partition coefficient (Wildman–Crippen LogP) is 4.31. The summed E-state index contributed by atoms with van der Waals surface area (Å²) in [5.41, 5.74) is 2.96. The Morgan fingerprint density at radius 2 is 1.94 bits per heavy atom. The van der Waals surface area contributed by atoms with Crippen molar-refractivity contribution < 1.29 is 14.0 Å². The number of anilines is 1. The number of aromatic nitrogens is 4. The fourth-order valence-electron chi connectivity index (χ4n) is 4.93. The minimum Gasteiger partial charge on any atom is -0.467 e. The lowest BCUT2D eigenvalue weighted by Gasteiger charge is -2.53. The van der Waals surface area contributed by atoms with E-state index in [1.54, 1.807) is 7.11 Å². The van der Waals surface area contributed by atoms with E-state index < -0.39 is 0 Å². The first-order valence-electron chi connectivity index (χ1n) is 11.4. The van der Waals surface area contributed by atoms with Crippen molar-refractivity contribution in [1.82, 2.24) is 20.1 Å². The summed E-state index contributed by atoms with van der Waals surface area (Å²) in [6.45, 7) is 1.61. The topological polar surface area (TPSA) is 95.2 Å². The minimum absolute atomic E-state index is 0.148. The van der Waals surface area contributed by atoms with Gasteiger partial charge in [-0.05, 0) is 56.7 Å². The van der Waals surface area contributed by atoms with E-state index in [9.17, 15) is 0 Å². The van der Waals surface area contributed by atoms with Crippen LogP contribution in [0.4, 0.5) is 5.69 Å². The van der Waals surface area contributed by atoms with E-state index in [1.165, 1.54) is 0 Å². The molecule has 1 aromatic carbocycles. The lowest BCUT2D eigenvalue weighted by molar-refractivity contribution is -0.185. The standard InChI is InChI=1S/C24H27N5O3/c1-30-22-25-12-18(13-26-22)24-9-7-23(8-10-24,15-31-24)14-27-19-4-2-3-17(11-19)21-28-20(29-32-21)16-5-6-16/h2-4,11-13,16,27H,5-10,14-15H2,1H3. The van der Waals surface area contributed by atoms with Crippen LogP contribution in [0.25, 0.3) is 11.5 Å². The third-order valence-corrected chi connectivity index (χ3v) is 7.27. The summed E-state index contributed by atoms with van der Waals surface area (Å²) in [5.74, 6) is 1.92. The quantitative estimate of drug-likeness (QED) is 0.589. The summed E-state index contributed by atoms with van der Waals surface area (Å²) in [5, 5.41) is 7.77. The molecule has 2 saturated heterocycles. The minimum atomic E-state index is -0.259. The van der Waals surface area contributed by atoms with Crippen LogP contribution in [-0.4, -0.2) is 40.4 Å². The zero-order valence-corrected chi connectivity index (χ0v) is 18.2. The Bertz CT molecular complexity index is 1080. The molecule has 3 aromatic rings. The maximum atomic E-state index is 6.45. The average Bonchev–Trinajstić information content (AvgIpc) is 3.60. The molecule has 4 aliphatic rings. The van der Waals surface area contributed by atoms with Gasteiger partial charge in [-0.15, -0.1) is 0 Å². The van der Waals surface area contributed by atoms with Crippen molar-refractivity contribution >= 4 is 5.69 Å². The molecule has 8 heteroatoms. The van der Waals surface area contributed by atoms with E-state index in [-0.39, 0.29) is 11.0 Å². The van der Waals surface area contributed by atoms with Gasteiger partial charge in [-0.2, -0.15) is 4.98 Å². The molecule has 7 rings (SSSR count). The van der Waals surface area contributed by atoms with Crippen LogP contribution in [0.5, 0.6) is 6.01 Å². The van der Waals surface area contributed by atoms with Crippen molar-refractivity contribution in [2.24, 2.45) is 5.41 Å². The van der Waals surface area contributed by atoms with Crippen molar-refractivity contribution in [2.75, 3.05) is 25.6 Å². The molecule has 2 aromatic heterocycles. The van der Waals surface area contributed by atoms with Gasteiger partial charge in [0.2, 0.25) is 0 Å². The third-order valence-electron chi connectivity index (χ3n) is 7.27. The molecular weight excluding hydrogens is 406 g/mol. The Hall–Kier alpha value is -3.00. The van der Waals surface area contributed by atoms with Gasteiger partial charge < -0.3 is 19.3 Å². The molecule has 32 heavy (non-hydrogen) atoms. The Morgan fingerprint density at radius 1 is 1.12 bits per heavy atom. The van der Waals surface area contributed by atoms with Crippen molar-refractivity contribution in [1.29, 1.82) is 0 Å². The molecule has 4 fully saturated rings. The summed E-state index contributed by atoms with van der Waals surface area (Å²) in [7, 11) is 1.58. The summed E-state index contributed by atoms with van der Waals surface area (Å²) in [4.78, 5) is 13.1. The summed E-state index contributed by atoms with van der Waals surface area (Å²) in [6.07, 6.45) is 10.2. The second kappa shape index (κ2) is 7.55. The van der Waals surface area contributed by atoms with Gasteiger partial charge in [0, 0.05) is 47.1 Å². The van der Waals surface area contributed by atoms with Gasteiger partial charge in [-0.25, -0.2) is 9.97 Å². The number of ether oxygens (including phenoxy) is 2. The average molecular weight is 434 g/mol. The molecule has 0 atom stereocenters. The fourth-order valence-corrected chi connectivity index (χ4v) is 4.93. The van der Waals surface area contributed by atoms with E-state index in [4.69, 9.17) is 14.0 Å². The van der Waals surface area contributed by atoms with Crippen LogP contribution in [0.3, 0.4) is 0 Å². The summed E-state index contributed by atoms with van der Waals surface area (Å²) in [6, 6.07) is 8.62. The van der Waals surface area contributed by atoms with Gasteiger partial charge in [0.1, 0.15) is 0 Å². The zero-order valence-electron chi connectivity index (χ0n) is 18.2. The highest BCUT2D eigenvalue weighted by atomic mass is 16.5. The van der Waals surface area contributed by atoms with E-state index in [0.29, 0.717) is 17.8 Å². The van der Waals surface area contributed by atoms with E-state index in [1.807, 2.05) is 24.5 Å². The monoisotopic (exact) mass is 433 g/mol. The van der Waals surface area contributed by atoms with Gasteiger partial charge in [-0.1, -0.05) is 11.2 Å². The molecule has 2 aliphatic carbocycles. The number of methoxy groups -OCH3 is 1. The molecule has 2 saturated carbocycles. The number of benzene rings is 1. The van der Waals surface area contributed by atoms with Crippen LogP contribution < -0.4 is 10.1 Å². The van der Waals surface area contributed by atoms with Crippen molar-refractivity contribution in [3.8, 4) is 17.5 Å². The number of fused-ring (bicyclic) bond motifs is 3. The Kier molecular flexibility index (Phi) is 4.64. The largest absolute Gasteiger partial charge is 0.467 e. The zero-order chi connectivity index (χ0) is 21.6. The highest BCUT2D eigenvalue weighted by Crippen LogP contribution is 2.53. The molecule has 4 heterocycles. The number of nitrogens with zero attached hydrogens (tertiary/aromatic N) is 4. The van der Waals surface area contributed by atoms with Crippen LogP contribution in [0.15, 0.2) is 41.2 Å². The maximum Gasteiger partial charge on any atom is 0.316 e. The van der Waals surface area contributed by atoms with E-state index >= 15 is 0 Å². The molecular formula is C24H27N5O3. The van der Waals surface area contributed by atoms with E-state index in [2.05, 4.69) is 37.6 Å². The first-order chi connectivity index (χ1) is 15.7. The van der Waals surface area contributed by atoms with Crippen molar-refractivity contribution in [3.05, 3.63) is 48.0 Å². The van der Waals surface area contributed by atoms with Crippen molar-refractivity contribution in [3.63, 3.8) is 0 Å². The Balaban J connectivity index is 1.11.